The minimum atomic E-state index is 0.0654. The highest BCUT2D eigenvalue weighted by atomic mass is 16.6. The SMILES string of the molecule is O=C(Nc1ccc2c(c1)OCCO2)[C@@H]1C[C@@H]1c1ccccc1. The van der Waals surface area contributed by atoms with Gasteiger partial charge in [0.2, 0.25) is 5.91 Å². The van der Waals surface area contributed by atoms with E-state index in [1.54, 1.807) is 0 Å². The van der Waals surface area contributed by atoms with Crippen molar-refractivity contribution in [3.63, 3.8) is 0 Å². The summed E-state index contributed by atoms with van der Waals surface area (Å²) in [6, 6.07) is 15.7. The van der Waals surface area contributed by atoms with Gasteiger partial charge in [-0.25, -0.2) is 0 Å². The monoisotopic (exact) mass is 295 g/mol. The molecule has 0 spiro atoms. The Labute approximate surface area is 129 Å². The first-order chi connectivity index (χ1) is 10.8. The smallest absolute Gasteiger partial charge is 0.228 e. The number of hydrogen-bond acceptors (Lipinski definition) is 3. The lowest BCUT2D eigenvalue weighted by Gasteiger charge is -2.19. The molecule has 1 aliphatic carbocycles. The van der Waals surface area contributed by atoms with E-state index in [-0.39, 0.29) is 11.8 Å². The molecule has 0 aromatic heterocycles. The van der Waals surface area contributed by atoms with Crippen molar-refractivity contribution in [1.82, 2.24) is 0 Å². The molecular weight excluding hydrogens is 278 g/mol. The summed E-state index contributed by atoms with van der Waals surface area (Å²) in [6.07, 6.45) is 0.917. The van der Waals surface area contributed by atoms with E-state index in [2.05, 4.69) is 17.4 Å². The van der Waals surface area contributed by atoms with Crippen LogP contribution in [0.25, 0.3) is 0 Å². The number of anilines is 1. The van der Waals surface area contributed by atoms with E-state index in [1.165, 1.54) is 5.56 Å². The molecule has 1 saturated carbocycles. The average Bonchev–Trinajstić information content (AvgIpc) is 3.36. The van der Waals surface area contributed by atoms with E-state index in [0.717, 1.165) is 17.9 Å². The molecule has 22 heavy (non-hydrogen) atoms. The van der Waals surface area contributed by atoms with E-state index in [9.17, 15) is 4.79 Å². The van der Waals surface area contributed by atoms with Crippen molar-refractivity contribution >= 4 is 11.6 Å². The zero-order valence-electron chi connectivity index (χ0n) is 12.1. The number of amides is 1. The molecule has 2 atom stereocenters. The van der Waals surface area contributed by atoms with Gasteiger partial charge in [-0.05, 0) is 30.0 Å². The second kappa shape index (κ2) is 5.37. The first-order valence-corrected chi connectivity index (χ1v) is 7.57. The molecule has 1 amide bonds. The highest BCUT2D eigenvalue weighted by molar-refractivity contribution is 5.95. The van der Waals surface area contributed by atoms with Crippen LogP contribution in [0.3, 0.4) is 0 Å². The Bertz CT molecular complexity index is 699. The normalized spacial score (nSPS) is 22.0. The number of benzene rings is 2. The molecule has 1 fully saturated rings. The lowest BCUT2D eigenvalue weighted by Crippen LogP contribution is -2.17. The van der Waals surface area contributed by atoms with Crippen molar-refractivity contribution in [2.24, 2.45) is 5.92 Å². The third-order valence-electron chi connectivity index (χ3n) is 4.16. The molecule has 1 aliphatic heterocycles. The molecule has 1 heterocycles. The molecule has 4 heteroatoms. The first kappa shape index (κ1) is 13.2. The molecular formula is C18H17NO3. The Morgan fingerprint density at radius 3 is 2.59 bits per heavy atom. The van der Waals surface area contributed by atoms with Crippen LogP contribution in [-0.4, -0.2) is 19.1 Å². The maximum absolute atomic E-state index is 12.3. The van der Waals surface area contributed by atoms with Crippen molar-refractivity contribution in [2.45, 2.75) is 12.3 Å². The number of hydrogen-bond donors (Lipinski definition) is 1. The van der Waals surface area contributed by atoms with Crippen molar-refractivity contribution in [3.8, 4) is 11.5 Å². The third kappa shape index (κ3) is 2.52. The lowest BCUT2D eigenvalue weighted by molar-refractivity contribution is -0.117. The number of ether oxygens (including phenoxy) is 2. The fraction of sp³-hybridized carbons (Fsp3) is 0.278. The first-order valence-electron chi connectivity index (χ1n) is 7.57. The predicted octanol–water partition coefficient (Wildman–Crippen LogP) is 3.20. The molecule has 112 valence electrons. The summed E-state index contributed by atoms with van der Waals surface area (Å²) >= 11 is 0. The van der Waals surface area contributed by atoms with Crippen LogP contribution >= 0.6 is 0 Å². The Kier molecular flexibility index (Phi) is 3.22. The maximum Gasteiger partial charge on any atom is 0.228 e. The van der Waals surface area contributed by atoms with E-state index < -0.39 is 0 Å². The van der Waals surface area contributed by atoms with E-state index >= 15 is 0 Å². The van der Waals surface area contributed by atoms with Gasteiger partial charge in [0.05, 0.1) is 0 Å². The average molecular weight is 295 g/mol. The Hall–Kier alpha value is -2.49. The van der Waals surface area contributed by atoms with Crippen molar-refractivity contribution in [1.29, 1.82) is 0 Å². The van der Waals surface area contributed by atoms with Gasteiger partial charge in [-0.2, -0.15) is 0 Å². The van der Waals surface area contributed by atoms with Gasteiger partial charge in [0, 0.05) is 17.7 Å². The number of rotatable bonds is 3. The summed E-state index contributed by atoms with van der Waals surface area (Å²) in [7, 11) is 0. The second-order valence-electron chi connectivity index (χ2n) is 5.71. The minimum absolute atomic E-state index is 0.0654. The number of carbonyl (C=O) groups is 1. The standard InChI is InChI=1S/C18H17NO3/c20-18(15-11-14(15)12-4-2-1-3-5-12)19-13-6-7-16-17(10-13)22-9-8-21-16/h1-7,10,14-15H,8-9,11H2,(H,19,20)/t14-,15-/m1/s1. The molecule has 2 aromatic carbocycles. The second-order valence-corrected chi connectivity index (χ2v) is 5.71. The summed E-state index contributed by atoms with van der Waals surface area (Å²) in [5, 5.41) is 2.98. The van der Waals surface area contributed by atoms with Gasteiger partial charge in [0.25, 0.3) is 0 Å². The quantitative estimate of drug-likeness (QED) is 0.946. The largest absolute Gasteiger partial charge is 0.486 e. The summed E-state index contributed by atoms with van der Waals surface area (Å²) in [6.45, 7) is 1.11. The van der Waals surface area contributed by atoms with E-state index in [4.69, 9.17) is 9.47 Å². The van der Waals surface area contributed by atoms with Gasteiger partial charge >= 0.3 is 0 Å². The summed E-state index contributed by atoms with van der Waals surface area (Å²) in [5.74, 6) is 1.91. The van der Waals surface area contributed by atoms with Gasteiger partial charge in [0.1, 0.15) is 13.2 Å². The summed E-state index contributed by atoms with van der Waals surface area (Å²) < 4.78 is 11.0. The third-order valence-corrected chi connectivity index (χ3v) is 4.16. The number of fused-ring (bicyclic) bond motifs is 1. The van der Waals surface area contributed by atoms with Gasteiger partial charge in [-0.1, -0.05) is 30.3 Å². The Balaban J connectivity index is 1.43. The fourth-order valence-corrected chi connectivity index (χ4v) is 2.91. The zero-order chi connectivity index (χ0) is 14.9. The Morgan fingerprint density at radius 1 is 1.00 bits per heavy atom. The molecule has 1 N–H and O–H groups in total. The predicted molar refractivity (Wildman–Crippen MR) is 83.4 cm³/mol. The van der Waals surface area contributed by atoms with Crippen LogP contribution in [0.1, 0.15) is 17.9 Å². The van der Waals surface area contributed by atoms with Crippen molar-refractivity contribution < 1.29 is 14.3 Å². The van der Waals surface area contributed by atoms with Crippen LogP contribution in [0.15, 0.2) is 48.5 Å². The number of carbonyl (C=O) groups excluding carboxylic acids is 1. The van der Waals surface area contributed by atoms with Gasteiger partial charge in [0.15, 0.2) is 11.5 Å². The van der Waals surface area contributed by atoms with Crippen LogP contribution in [0.4, 0.5) is 5.69 Å². The fourth-order valence-electron chi connectivity index (χ4n) is 2.91. The zero-order valence-corrected chi connectivity index (χ0v) is 12.1. The van der Waals surface area contributed by atoms with Crippen LogP contribution in [0, 0.1) is 5.92 Å². The molecule has 2 aliphatic rings. The minimum Gasteiger partial charge on any atom is -0.486 e. The van der Waals surface area contributed by atoms with Crippen LogP contribution in [-0.2, 0) is 4.79 Å². The molecule has 0 bridgehead atoms. The molecule has 0 radical (unpaired) electrons. The number of nitrogens with one attached hydrogen (secondary N) is 1. The topological polar surface area (TPSA) is 47.6 Å². The van der Waals surface area contributed by atoms with Crippen molar-refractivity contribution in [3.05, 3.63) is 54.1 Å². The van der Waals surface area contributed by atoms with Crippen LogP contribution in [0.2, 0.25) is 0 Å². The van der Waals surface area contributed by atoms with Gasteiger partial charge in [-0.15, -0.1) is 0 Å². The van der Waals surface area contributed by atoms with E-state index in [0.29, 0.717) is 24.9 Å². The molecule has 0 unspecified atom stereocenters. The molecule has 2 aromatic rings. The van der Waals surface area contributed by atoms with E-state index in [1.807, 2.05) is 36.4 Å². The van der Waals surface area contributed by atoms with Gasteiger partial charge in [-0.3, -0.25) is 4.79 Å². The highest BCUT2D eigenvalue weighted by Gasteiger charge is 2.43. The Morgan fingerprint density at radius 2 is 1.77 bits per heavy atom. The highest BCUT2D eigenvalue weighted by Crippen LogP contribution is 2.48. The van der Waals surface area contributed by atoms with Crippen molar-refractivity contribution in [2.75, 3.05) is 18.5 Å². The summed E-state index contributed by atoms with van der Waals surface area (Å²) in [5.41, 5.74) is 2.00. The summed E-state index contributed by atoms with van der Waals surface area (Å²) in [4.78, 5) is 12.3. The maximum atomic E-state index is 12.3. The van der Waals surface area contributed by atoms with Gasteiger partial charge < -0.3 is 14.8 Å². The molecule has 0 saturated heterocycles. The molecule has 4 rings (SSSR count). The molecule has 4 nitrogen and oxygen atoms in total. The van der Waals surface area contributed by atoms with Crippen LogP contribution < -0.4 is 14.8 Å². The lowest BCUT2D eigenvalue weighted by atomic mass is 10.1. The van der Waals surface area contributed by atoms with Crippen LogP contribution in [0.5, 0.6) is 11.5 Å².